The minimum atomic E-state index is -1.16. The summed E-state index contributed by atoms with van der Waals surface area (Å²) in [7, 11) is 0. The van der Waals surface area contributed by atoms with Crippen LogP contribution in [0.3, 0.4) is 0 Å². The molecule has 104 valence electrons. The highest BCUT2D eigenvalue weighted by atomic mass is 35.5. The second kappa shape index (κ2) is 4.70. The minimum Gasteiger partial charge on any atom is -0.279 e. The summed E-state index contributed by atoms with van der Waals surface area (Å²) in [4.78, 5) is 38.1. The predicted octanol–water partition coefficient (Wildman–Crippen LogP) is 2.75. The van der Waals surface area contributed by atoms with Crippen LogP contribution >= 0.6 is 11.6 Å². The number of nitrogens with zero attached hydrogens (tertiary/aromatic N) is 1. The summed E-state index contributed by atoms with van der Waals surface area (Å²) in [6, 6.07) is 6.66. The Morgan fingerprint density at radius 3 is 1.95 bits per heavy atom. The summed E-state index contributed by atoms with van der Waals surface area (Å²) in [5.41, 5.74) is -0.437. The molecule has 0 unspecified atom stereocenters. The number of hydrogen-bond donors (Lipinski definition) is 0. The SMILES string of the molecule is O=C1c2ccccc2C(=O)N1C1(C(=O)Cl)CCCCC1. The molecule has 1 saturated carbocycles. The van der Waals surface area contributed by atoms with Gasteiger partial charge in [0.2, 0.25) is 5.24 Å². The van der Waals surface area contributed by atoms with Crippen LogP contribution in [0.1, 0.15) is 52.8 Å². The molecule has 2 amide bonds. The van der Waals surface area contributed by atoms with Gasteiger partial charge in [0.05, 0.1) is 11.1 Å². The molecule has 3 rings (SSSR count). The van der Waals surface area contributed by atoms with Crippen LogP contribution in [0.25, 0.3) is 0 Å². The maximum atomic E-state index is 12.5. The fourth-order valence-corrected chi connectivity index (χ4v) is 3.50. The van der Waals surface area contributed by atoms with Crippen LogP contribution in [-0.4, -0.2) is 27.5 Å². The lowest BCUT2D eigenvalue weighted by Crippen LogP contribution is -2.56. The Labute approximate surface area is 121 Å². The van der Waals surface area contributed by atoms with Crippen molar-refractivity contribution in [3.63, 3.8) is 0 Å². The third-order valence-electron chi connectivity index (χ3n) is 4.27. The van der Waals surface area contributed by atoms with E-state index in [0.29, 0.717) is 24.0 Å². The number of amides is 2. The molecule has 5 heteroatoms. The van der Waals surface area contributed by atoms with E-state index in [2.05, 4.69) is 0 Å². The fraction of sp³-hybridized carbons (Fsp3) is 0.400. The molecule has 0 saturated heterocycles. The summed E-state index contributed by atoms with van der Waals surface area (Å²) < 4.78 is 0. The van der Waals surface area contributed by atoms with Crippen molar-refractivity contribution in [1.82, 2.24) is 4.90 Å². The Morgan fingerprint density at radius 1 is 1.00 bits per heavy atom. The average Bonchev–Trinajstić information content (AvgIpc) is 2.72. The van der Waals surface area contributed by atoms with Crippen molar-refractivity contribution in [2.45, 2.75) is 37.6 Å². The lowest BCUT2D eigenvalue weighted by atomic mass is 9.81. The van der Waals surface area contributed by atoms with Crippen molar-refractivity contribution < 1.29 is 14.4 Å². The van der Waals surface area contributed by atoms with Crippen molar-refractivity contribution in [1.29, 1.82) is 0 Å². The largest absolute Gasteiger partial charge is 0.279 e. The van der Waals surface area contributed by atoms with E-state index in [9.17, 15) is 14.4 Å². The van der Waals surface area contributed by atoms with E-state index in [0.717, 1.165) is 24.2 Å². The van der Waals surface area contributed by atoms with E-state index >= 15 is 0 Å². The molecule has 1 aliphatic carbocycles. The standard InChI is InChI=1S/C15H14ClNO3/c16-14(20)15(8-4-1-5-9-15)17-12(18)10-6-2-3-7-11(10)13(17)19/h2-3,6-7H,1,4-5,8-9H2. The van der Waals surface area contributed by atoms with Crippen molar-refractivity contribution in [3.8, 4) is 0 Å². The van der Waals surface area contributed by atoms with E-state index < -0.39 is 22.6 Å². The van der Waals surface area contributed by atoms with Gasteiger partial charge in [-0.05, 0) is 36.6 Å². The van der Waals surface area contributed by atoms with Gasteiger partial charge in [-0.2, -0.15) is 0 Å². The second-order valence-corrected chi connectivity index (χ2v) is 5.70. The van der Waals surface area contributed by atoms with Gasteiger partial charge in [0, 0.05) is 0 Å². The zero-order valence-corrected chi connectivity index (χ0v) is 11.7. The molecule has 2 aliphatic rings. The van der Waals surface area contributed by atoms with E-state index in [1.807, 2.05) is 0 Å². The summed E-state index contributed by atoms with van der Waals surface area (Å²) in [5, 5.41) is -0.605. The van der Waals surface area contributed by atoms with E-state index in [-0.39, 0.29) is 0 Å². The Bertz CT molecular complexity index is 570. The topological polar surface area (TPSA) is 54.5 Å². The number of rotatable bonds is 2. The monoisotopic (exact) mass is 291 g/mol. The molecule has 0 radical (unpaired) electrons. The molecule has 4 nitrogen and oxygen atoms in total. The Hall–Kier alpha value is -1.68. The number of benzene rings is 1. The normalized spacial score (nSPS) is 20.9. The highest BCUT2D eigenvalue weighted by Crippen LogP contribution is 2.40. The number of carbonyl (C=O) groups is 3. The third-order valence-corrected chi connectivity index (χ3v) is 4.62. The molecule has 1 fully saturated rings. The minimum absolute atomic E-state index is 0.361. The Morgan fingerprint density at radius 2 is 1.50 bits per heavy atom. The van der Waals surface area contributed by atoms with Crippen LogP contribution in [0, 0.1) is 0 Å². The number of halogens is 1. The van der Waals surface area contributed by atoms with Gasteiger partial charge in [0.25, 0.3) is 11.8 Å². The smallest absolute Gasteiger partial charge is 0.262 e. The van der Waals surface area contributed by atoms with Gasteiger partial charge in [0.15, 0.2) is 0 Å². The molecule has 1 aromatic rings. The van der Waals surface area contributed by atoms with Gasteiger partial charge in [-0.15, -0.1) is 0 Å². The average molecular weight is 292 g/mol. The second-order valence-electron chi connectivity index (χ2n) is 5.36. The highest BCUT2D eigenvalue weighted by Gasteiger charge is 2.53. The van der Waals surface area contributed by atoms with Crippen molar-refractivity contribution in [3.05, 3.63) is 35.4 Å². The molecule has 0 atom stereocenters. The van der Waals surface area contributed by atoms with Crippen molar-refractivity contribution in [2.75, 3.05) is 0 Å². The van der Waals surface area contributed by atoms with Crippen molar-refractivity contribution in [2.24, 2.45) is 0 Å². The molecule has 0 spiro atoms. The molecular weight excluding hydrogens is 278 g/mol. The summed E-state index contributed by atoms with van der Waals surface area (Å²) in [5.74, 6) is -0.803. The highest BCUT2D eigenvalue weighted by molar-refractivity contribution is 6.66. The van der Waals surface area contributed by atoms with Crippen LogP contribution in [0.15, 0.2) is 24.3 Å². The van der Waals surface area contributed by atoms with E-state index in [1.54, 1.807) is 24.3 Å². The first-order chi connectivity index (χ1) is 9.58. The molecule has 0 N–H and O–H groups in total. The van der Waals surface area contributed by atoms with Crippen LogP contribution in [0.5, 0.6) is 0 Å². The van der Waals surface area contributed by atoms with Crippen LogP contribution in [0.2, 0.25) is 0 Å². The van der Waals surface area contributed by atoms with E-state index in [1.165, 1.54) is 0 Å². The van der Waals surface area contributed by atoms with Crippen molar-refractivity contribution >= 4 is 28.7 Å². The molecule has 1 aromatic carbocycles. The third kappa shape index (κ3) is 1.71. The predicted molar refractivity (Wildman–Crippen MR) is 73.6 cm³/mol. The van der Waals surface area contributed by atoms with Gasteiger partial charge in [-0.3, -0.25) is 19.3 Å². The van der Waals surface area contributed by atoms with Gasteiger partial charge < -0.3 is 0 Å². The van der Waals surface area contributed by atoms with Crippen LogP contribution in [-0.2, 0) is 4.79 Å². The first kappa shape index (κ1) is 13.3. The molecular formula is C15H14ClNO3. The fourth-order valence-electron chi connectivity index (χ4n) is 3.22. The molecule has 1 heterocycles. The molecule has 0 aromatic heterocycles. The van der Waals surface area contributed by atoms with Crippen LogP contribution < -0.4 is 0 Å². The number of imide groups is 1. The maximum absolute atomic E-state index is 12.5. The summed E-state index contributed by atoms with van der Waals surface area (Å²) in [6.07, 6.45) is 3.51. The summed E-state index contributed by atoms with van der Waals surface area (Å²) in [6.45, 7) is 0. The maximum Gasteiger partial charge on any atom is 0.262 e. The zero-order valence-electron chi connectivity index (χ0n) is 10.9. The van der Waals surface area contributed by atoms with Gasteiger partial charge >= 0.3 is 0 Å². The molecule has 1 aliphatic heterocycles. The lowest BCUT2D eigenvalue weighted by Gasteiger charge is -2.40. The van der Waals surface area contributed by atoms with E-state index in [4.69, 9.17) is 11.6 Å². The van der Waals surface area contributed by atoms with Gasteiger partial charge in [0.1, 0.15) is 5.54 Å². The quantitative estimate of drug-likeness (QED) is 0.622. The Kier molecular flexibility index (Phi) is 3.13. The lowest BCUT2D eigenvalue weighted by molar-refractivity contribution is -0.122. The first-order valence-electron chi connectivity index (χ1n) is 6.76. The zero-order chi connectivity index (χ0) is 14.3. The molecule has 20 heavy (non-hydrogen) atoms. The van der Waals surface area contributed by atoms with Crippen LogP contribution in [0.4, 0.5) is 0 Å². The number of carbonyl (C=O) groups excluding carboxylic acids is 3. The van der Waals surface area contributed by atoms with Gasteiger partial charge in [-0.1, -0.05) is 31.4 Å². The first-order valence-corrected chi connectivity index (χ1v) is 7.13. The summed E-state index contributed by atoms with van der Waals surface area (Å²) >= 11 is 5.78. The van der Waals surface area contributed by atoms with Gasteiger partial charge in [-0.25, -0.2) is 0 Å². The number of fused-ring (bicyclic) bond motifs is 1. The Balaban J connectivity index is 2.08. The number of hydrogen-bond acceptors (Lipinski definition) is 3. The molecule has 0 bridgehead atoms.